The summed E-state index contributed by atoms with van der Waals surface area (Å²) in [6.45, 7) is 0.836. The first-order chi connectivity index (χ1) is 20.2. The summed E-state index contributed by atoms with van der Waals surface area (Å²) >= 11 is 0. The predicted octanol–water partition coefficient (Wildman–Crippen LogP) is 6.14. The number of hydrogen-bond donors (Lipinski definition) is 1. The number of aromatic nitrogens is 2. The first kappa shape index (κ1) is 29.5. The largest absolute Gasteiger partial charge is 0.435 e. The lowest BCUT2D eigenvalue weighted by atomic mass is 9.78. The van der Waals surface area contributed by atoms with Crippen LogP contribution in [0.25, 0.3) is 5.69 Å². The van der Waals surface area contributed by atoms with E-state index in [0.717, 1.165) is 30.3 Å². The minimum absolute atomic E-state index is 0.0715. The van der Waals surface area contributed by atoms with E-state index in [1.165, 1.54) is 5.56 Å². The van der Waals surface area contributed by atoms with Gasteiger partial charge in [-0.2, -0.15) is 18.3 Å². The highest BCUT2D eigenvalue weighted by atomic mass is 19.4. The van der Waals surface area contributed by atoms with E-state index in [1.807, 2.05) is 23.1 Å². The summed E-state index contributed by atoms with van der Waals surface area (Å²) in [4.78, 5) is 40.9. The number of para-hydroxylation sites is 1. The zero-order valence-electron chi connectivity index (χ0n) is 23.4. The summed E-state index contributed by atoms with van der Waals surface area (Å²) in [5, 5.41) is 6.11. The van der Waals surface area contributed by atoms with Gasteiger partial charge in [-0.15, -0.1) is 0 Å². The number of rotatable bonds is 9. The average molecular weight is 581 g/mol. The van der Waals surface area contributed by atoms with Crippen molar-refractivity contribution in [3.8, 4) is 5.69 Å². The van der Waals surface area contributed by atoms with E-state index in [0.29, 0.717) is 37.8 Å². The molecule has 2 amide bonds. The highest BCUT2D eigenvalue weighted by molar-refractivity contribution is 5.95. The molecule has 1 aromatic heterocycles. The molecule has 7 nitrogen and oxygen atoms in total. The van der Waals surface area contributed by atoms with Gasteiger partial charge in [-0.05, 0) is 62.6 Å². The summed E-state index contributed by atoms with van der Waals surface area (Å²) in [6, 6.07) is 18.5. The molecular formula is C32H35F3N4O3. The third-order valence-corrected chi connectivity index (χ3v) is 8.39. The van der Waals surface area contributed by atoms with Crippen molar-refractivity contribution >= 4 is 17.6 Å². The zero-order valence-corrected chi connectivity index (χ0v) is 23.4. The maximum Gasteiger partial charge on any atom is 0.435 e. The minimum atomic E-state index is -4.79. The van der Waals surface area contributed by atoms with Crippen molar-refractivity contribution in [3.05, 3.63) is 83.7 Å². The Bertz CT molecular complexity index is 1380. The quantitative estimate of drug-likeness (QED) is 0.308. The number of likely N-dealkylation sites (tertiary alicyclic amines) is 1. The highest BCUT2D eigenvalue weighted by Gasteiger charge is 2.40. The normalized spacial score (nSPS) is 20.8. The Balaban J connectivity index is 1.08. The van der Waals surface area contributed by atoms with Gasteiger partial charge in [0, 0.05) is 37.5 Å². The van der Waals surface area contributed by atoms with E-state index in [9.17, 15) is 27.6 Å². The number of carbonyl (C=O) groups is 3. The van der Waals surface area contributed by atoms with E-state index >= 15 is 0 Å². The molecule has 2 aliphatic rings. The number of alkyl halides is 3. The van der Waals surface area contributed by atoms with Crippen molar-refractivity contribution in [2.75, 3.05) is 13.1 Å². The van der Waals surface area contributed by atoms with Crippen LogP contribution in [0.1, 0.15) is 79.0 Å². The van der Waals surface area contributed by atoms with Crippen molar-refractivity contribution in [1.29, 1.82) is 0 Å². The Hall–Kier alpha value is -3.95. The second-order valence-corrected chi connectivity index (χ2v) is 11.1. The van der Waals surface area contributed by atoms with Crippen LogP contribution in [0.5, 0.6) is 0 Å². The Morgan fingerprint density at radius 1 is 0.881 bits per heavy atom. The lowest BCUT2D eigenvalue weighted by molar-refractivity contribution is -0.141. The van der Waals surface area contributed by atoms with Gasteiger partial charge in [0.25, 0.3) is 5.91 Å². The maximum absolute atomic E-state index is 13.6. The van der Waals surface area contributed by atoms with Crippen LogP contribution in [0.15, 0.2) is 66.9 Å². The fourth-order valence-corrected chi connectivity index (χ4v) is 6.18. The van der Waals surface area contributed by atoms with Gasteiger partial charge < -0.3 is 10.2 Å². The molecule has 1 unspecified atom stereocenters. The minimum Gasteiger partial charge on any atom is -0.352 e. The molecule has 1 atom stereocenters. The van der Waals surface area contributed by atoms with E-state index < -0.39 is 23.3 Å². The number of Topliss-reactive ketones (excluding diaryl/α,β-unsaturated/α-hetero) is 1. The standard InChI is InChI=1S/C32H35F3N4O3/c33-32(34,35)29-26(21-39(37-29)25-11-5-2-6-12-25)30(41)36-19-7-14-28(40)23-15-17-24(18-16-23)31(42)38-20-8-13-27(38)22-9-3-1-4-10-22/h1-6,9-12,21,23-24,27H,7-8,13-20H2,(H,36,41). The molecule has 2 heterocycles. The molecule has 1 saturated heterocycles. The smallest absolute Gasteiger partial charge is 0.352 e. The predicted molar refractivity (Wildman–Crippen MR) is 151 cm³/mol. The lowest BCUT2D eigenvalue weighted by Crippen LogP contribution is -2.38. The third-order valence-electron chi connectivity index (χ3n) is 8.39. The van der Waals surface area contributed by atoms with Crippen LogP contribution < -0.4 is 5.32 Å². The van der Waals surface area contributed by atoms with Crippen molar-refractivity contribution in [2.24, 2.45) is 11.8 Å². The summed E-state index contributed by atoms with van der Waals surface area (Å²) in [5.74, 6) is -0.826. The van der Waals surface area contributed by atoms with Gasteiger partial charge in [0.1, 0.15) is 5.78 Å². The van der Waals surface area contributed by atoms with Crippen molar-refractivity contribution in [2.45, 2.75) is 63.6 Å². The van der Waals surface area contributed by atoms with Crippen molar-refractivity contribution < 1.29 is 27.6 Å². The molecule has 3 aromatic rings. The molecule has 2 fully saturated rings. The van der Waals surface area contributed by atoms with Gasteiger partial charge >= 0.3 is 6.18 Å². The van der Waals surface area contributed by atoms with Crippen LogP contribution in [0, 0.1) is 11.8 Å². The molecule has 42 heavy (non-hydrogen) atoms. The average Bonchev–Trinajstić information content (AvgIpc) is 3.68. The van der Waals surface area contributed by atoms with Gasteiger partial charge in [0.2, 0.25) is 5.91 Å². The molecule has 1 saturated carbocycles. The first-order valence-corrected chi connectivity index (χ1v) is 14.6. The van der Waals surface area contributed by atoms with Crippen LogP contribution in [-0.4, -0.2) is 45.4 Å². The van der Waals surface area contributed by atoms with Gasteiger partial charge in [0.15, 0.2) is 5.69 Å². The second kappa shape index (κ2) is 12.9. The van der Waals surface area contributed by atoms with E-state index in [-0.39, 0.29) is 42.5 Å². The van der Waals surface area contributed by atoms with E-state index in [1.54, 1.807) is 30.3 Å². The first-order valence-electron chi connectivity index (χ1n) is 14.6. The molecule has 5 rings (SSSR count). The van der Waals surface area contributed by atoms with Crippen LogP contribution in [-0.2, 0) is 15.8 Å². The Labute approximate surface area is 243 Å². The molecule has 0 bridgehead atoms. The molecule has 0 radical (unpaired) electrons. The lowest BCUT2D eigenvalue weighted by Gasteiger charge is -2.33. The van der Waals surface area contributed by atoms with Gasteiger partial charge in [-0.1, -0.05) is 48.5 Å². The summed E-state index contributed by atoms with van der Waals surface area (Å²) < 4.78 is 41.8. The number of benzene rings is 2. The topological polar surface area (TPSA) is 84.3 Å². The molecule has 1 N–H and O–H groups in total. The Kier molecular flexibility index (Phi) is 9.09. The SMILES string of the molecule is O=C(NCCCC(=O)C1CCC(C(=O)N2CCCC2c2ccccc2)CC1)c1cn(-c2ccccc2)nc1C(F)(F)F. The van der Waals surface area contributed by atoms with E-state index in [2.05, 4.69) is 22.5 Å². The van der Waals surface area contributed by atoms with Crippen LogP contribution in [0.3, 0.4) is 0 Å². The molecule has 10 heteroatoms. The number of nitrogens with one attached hydrogen (secondary N) is 1. The molecular weight excluding hydrogens is 545 g/mol. The number of ketones is 1. The summed E-state index contributed by atoms with van der Waals surface area (Å²) in [6.07, 6.45) is 1.44. The fraction of sp³-hybridized carbons (Fsp3) is 0.438. The molecule has 2 aromatic carbocycles. The molecule has 1 aliphatic heterocycles. The fourth-order valence-electron chi connectivity index (χ4n) is 6.18. The third kappa shape index (κ3) is 6.74. The van der Waals surface area contributed by atoms with Gasteiger partial charge in [0.05, 0.1) is 17.3 Å². The van der Waals surface area contributed by atoms with Gasteiger partial charge in [-0.25, -0.2) is 4.68 Å². The zero-order chi connectivity index (χ0) is 29.7. The Morgan fingerprint density at radius 2 is 1.52 bits per heavy atom. The number of hydrogen-bond acceptors (Lipinski definition) is 4. The van der Waals surface area contributed by atoms with Gasteiger partial charge in [-0.3, -0.25) is 14.4 Å². The summed E-state index contributed by atoms with van der Waals surface area (Å²) in [7, 11) is 0. The van der Waals surface area contributed by atoms with Crippen LogP contribution in [0.2, 0.25) is 0 Å². The number of carbonyl (C=O) groups excluding carboxylic acids is 3. The highest BCUT2D eigenvalue weighted by Crippen LogP contribution is 2.37. The van der Waals surface area contributed by atoms with Crippen molar-refractivity contribution in [3.63, 3.8) is 0 Å². The van der Waals surface area contributed by atoms with Crippen LogP contribution in [0.4, 0.5) is 13.2 Å². The molecule has 0 spiro atoms. The van der Waals surface area contributed by atoms with Crippen molar-refractivity contribution in [1.82, 2.24) is 20.0 Å². The van der Waals surface area contributed by atoms with Crippen LogP contribution >= 0.6 is 0 Å². The number of nitrogens with zero attached hydrogens (tertiary/aromatic N) is 3. The second-order valence-electron chi connectivity index (χ2n) is 11.1. The van der Waals surface area contributed by atoms with E-state index in [4.69, 9.17) is 0 Å². The Morgan fingerprint density at radius 3 is 2.19 bits per heavy atom. The number of halogens is 3. The monoisotopic (exact) mass is 580 g/mol. The molecule has 222 valence electrons. The summed E-state index contributed by atoms with van der Waals surface area (Å²) in [5.41, 5.74) is -0.247. The molecule has 1 aliphatic carbocycles. The number of amides is 2. The maximum atomic E-state index is 13.6.